The van der Waals surface area contributed by atoms with Gasteiger partial charge in [-0.1, -0.05) is 12.1 Å². The zero-order valence-corrected chi connectivity index (χ0v) is 18.2. The van der Waals surface area contributed by atoms with Gasteiger partial charge < -0.3 is 15.4 Å². The van der Waals surface area contributed by atoms with Gasteiger partial charge in [0, 0.05) is 30.4 Å². The normalized spacial score (nSPS) is 13.0. The lowest BCUT2D eigenvalue weighted by Crippen LogP contribution is -2.37. The third-order valence-corrected chi connectivity index (χ3v) is 5.29. The number of carbonyl (C=O) groups is 3. The van der Waals surface area contributed by atoms with Gasteiger partial charge in [0.05, 0.1) is 19.2 Å². The average molecular weight is 424 g/mol. The Hall–Kier alpha value is -3.19. The molecule has 1 aliphatic rings. The van der Waals surface area contributed by atoms with Crippen LogP contribution in [0.25, 0.3) is 0 Å². The molecule has 0 radical (unpaired) electrons. The van der Waals surface area contributed by atoms with Crippen molar-refractivity contribution in [1.29, 1.82) is 0 Å². The first kappa shape index (κ1) is 22.5. The molecule has 3 rings (SSSR count). The molecule has 0 bridgehead atoms. The summed E-state index contributed by atoms with van der Waals surface area (Å²) < 4.78 is 4.67. The smallest absolute Gasteiger partial charge is 0.337 e. The first-order valence-electron chi connectivity index (χ1n) is 10.4. The van der Waals surface area contributed by atoms with Crippen LogP contribution in [-0.4, -0.2) is 48.9 Å². The highest BCUT2D eigenvalue weighted by molar-refractivity contribution is 5.94. The Balaban J connectivity index is 1.50. The second-order valence-electron chi connectivity index (χ2n) is 7.94. The van der Waals surface area contributed by atoms with Crippen molar-refractivity contribution in [3.63, 3.8) is 0 Å². The van der Waals surface area contributed by atoms with E-state index in [9.17, 15) is 14.4 Å². The van der Waals surface area contributed by atoms with Crippen LogP contribution in [0.15, 0.2) is 42.5 Å². The molecule has 2 aromatic carbocycles. The van der Waals surface area contributed by atoms with Crippen molar-refractivity contribution < 1.29 is 19.1 Å². The number of nitrogens with one attached hydrogen (secondary N) is 2. The quantitative estimate of drug-likeness (QED) is 0.603. The average Bonchev–Trinajstić information content (AvgIpc) is 3.59. The van der Waals surface area contributed by atoms with E-state index in [1.165, 1.54) is 7.11 Å². The van der Waals surface area contributed by atoms with Crippen LogP contribution in [0.4, 0.5) is 11.4 Å². The number of anilines is 2. The zero-order chi connectivity index (χ0) is 22.4. The standard InChI is InChI=1S/C24H29N3O4/c1-16-4-5-17(2)21(14-16)26-23(29)15-27(20-10-11-20)13-12-22(28)25-19-8-6-18(7-9-19)24(30)31-3/h4-9,14,20H,10-13,15H2,1-3H3,(H,25,28)(H,26,29). The van der Waals surface area contributed by atoms with Crippen LogP contribution in [0.5, 0.6) is 0 Å². The van der Waals surface area contributed by atoms with Gasteiger partial charge >= 0.3 is 5.97 Å². The van der Waals surface area contributed by atoms with E-state index in [1.54, 1.807) is 24.3 Å². The summed E-state index contributed by atoms with van der Waals surface area (Å²) in [6, 6.07) is 12.9. The predicted molar refractivity (Wildman–Crippen MR) is 120 cm³/mol. The highest BCUT2D eigenvalue weighted by Crippen LogP contribution is 2.27. The third-order valence-electron chi connectivity index (χ3n) is 5.29. The molecule has 2 amide bonds. The van der Waals surface area contributed by atoms with Gasteiger partial charge in [0.1, 0.15) is 0 Å². The predicted octanol–water partition coefficient (Wildman–Crippen LogP) is 3.52. The fourth-order valence-corrected chi connectivity index (χ4v) is 3.35. The highest BCUT2D eigenvalue weighted by atomic mass is 16.5. The third kappa shape index (κ3) is 6.65. The Morgan fingerprint density at radius 2 is 1.71 bits per heavy atom. The molecule has 0 unspecified atom stereocenters. The minimum absolute atomic E-state index is 0.0700. The van der Waals surface area contributed by atoms with E-state index < -0.39 is 5.97 Å². The van der Waals surface area contributed by atoms with Crippen molar-refractivity contribution in [3.8, 4) is 0 Å². The van der Waals surface area contributed by atoms with Crippen molar-refractivity contribution in [3.05, 3.63) is 59.2 Å². The Bertz CT molecular complexity index is 952. The van der Waals surface area contributed by atoms with Crippen LogP contribution >= 0.6 is 0 Å². The molecule has 0 atom stereocenters. The molecule has 31 heavy (non-hydrogen) atoms. The molecule has 0 aromatic heterocycles. The Morgan fingerprint density at radius 3 is 2.35 bits per heavy atom. The summed E-state index contributed by atoms with van der Waals surface area (Å²) in [4.78, 5) is 38.5. The van der Waals surface area contributed by atoms with Gasteiger partial charge in [-0.2, -0.15) is 0 Å². The molecule has 2 aromatic rings. The summed E-state index contributed by atoms with van der Waals surface area (Å²) in [5, 5.41) is 5.82. The molecule has 7 nitrogen and oxygen atoms in total. The molecule has 0 spiro atoms. The molecule has 2 N–H and O–H groups in total. The number of amides is 2. The lowest BCUT2D eigenvalue weighted by atomic mass is 10.1. The largest absolute Gasteiger partial charge is 0.465 e. The van der Waals surface area contributed by atoms with Gasteiger partial charge in [0.2, 0.25) is 11.8 Å². The van der Waals surface area contributed by atoms with E-state index >= 15 is 0 Å². The fraction of sp³-hybridized carbons (Fsp3) is 0.375. The van der Waals surface area contributed by atoms with Crippen LogP contribution < -0.4 is 10.6 Å². The number of rotatable bonds is 9. The van der Waals surface area contributed by atoms with Crippen LogP contribution in [0, 0.1) is 13.8 Å². The molecule has 7 heteroatoms. The molecule has 1 aliphatic carbocycles. The summed E-state index contributed by atoms with van der Waals surface area (Å²) in [7, 11) is 1.33. The van der Waals surface area contributed by atoms with Crippen molar-refractivity contribution in [1.82, 2.24) is 4.90 Å². The summed E-state index contributed by atoms with van der Waals surface area (Å²) in [6.45, 7) is 4.74. The van der Waals surface area contributed by atoms with E-state index in [-0.39, 0.29) is 24.8 Å². The van der Waals surface area contributed by atoms with Crippen LogP contribution in [0.3, 0.4) is 0 Å². The Morgan fingerprint density at radius 1 is 1.00 bits per heavy atom. The first-order valence-corrected chi connectivity index (χ1v) is 10.4. The number of aryl methyl sites for hydroxylation is 2. The van der Waals surface area contributed by atoms with Crippen LogP contribution in [0.2, 0.25) is 0 Å². The molecular weight excluding hydrogens is 394 g/mol. The molecule has 1 saturated carbocycles. The van der Waals surface area contributed by atoms with Crippen molar-refractivity contribution >= 4 is 29.2 Å². The number of nitrogens with zero attached hydrogens (tertiary/aromatic N) is 1. The van der Waals surface area contributed by atoms with Gasteiger partial charge in [-0.25, -0.2) is 4.79 Å². The number of benzene rings is 2. The van der Waals surface area contributed by atoms with E-state index in [0.717, 1.165) is 29.7 Å². The number of methoxy groups -OCH3 is 1. The van der Waals surface area contributed by atoms with Crippen molar-refractivity contribution in [2.75, 3.05) is 30.8 Å². The van der Waals surface area contributed by atoms with E-state index in [4.69, 9.17) is 0 Å². The lowest BCUT2D eigenvalue weighted by molar-refractivity contribution is -0.119. The highest BCUT2D eigenvalue weighted by Gasteiger charge is 2.30. The van der Waals surface area contributed by atoms with Crippen molar-refractivity contribution in [2.45, 2.75) is 39.2 Å². The van der Waals surface area contributed by atoms with Crippen LogP contribution in [0.1, 0.15) is 40.7 Å². The van der Waals surface area contributed by atoms with E-state index in [2.05, 4.69) is 20.3 Å². The molecule has 164 valence electrons. The SMILES string of the molecule is COC(=O)c1ccc(NC(=O)CCN(CC(=O)Nc2cc(C)ccc2C)C2CC2)cc1. The fourth-order valence-electron chi connectivity index (χ4n) is 3.35. The second-order valence-corrected chi connectivity index (χ2v) is 7.94. The van der Waals surface area contributed by atoms with E-state index in [0.29, 0.717) is 23.8 Å². The minimum atomic E-state index is -0.419. The Kier molecular flexibility index (Phi) is 7.41. The molecule has 0 heterocycles. The maximum atomic E-state index is 12.6. The molecule has 0 aliphatic heterocycles. The number of hydrogen-bond donors (Lipinski definition) is 2. The number of esters is 1. The minimum Gasteiger partial charge on any atom is -0.465 e. The summed E-state index contributed by atoms with van der Waals surface area (Å²) in [5.74, 6) is -0.622. The van der Waals surface area contributed by atoms with Gasteiger partial charge in [0.25, 0.3) is 0 Å². The van der Waals surface area contributed by atoms with Gasteiger partial charge in [-0.3, -0.25) is 14.5 Å². The topological polar surface area (TPSA) is 87.7 Å². The monoisotopic (exact) mass is 423 g/mol. The molecule has 1 fully saturated rings. The molecular formula is C24H29N3O4. The Labute approximate surface area is 182 Å². The number of ether oxygens (including phenoxy) is 1. The summed E-state index contributed by atoms with van der Waals surface area (Å²) >= 11 is 0. The first-order chi connectivity index (χ1) is 14.9. The maximum absolute atomic E-state index is 12.6. The molecule has 0 saturated heterocycles. The van der Waals surface area contributed by atoms with Crippen LogP contribution in [-0.2, 0) is 14.3 Å². The van der Waals surface area contributed by atoms with Crippen molar-refractivity contribution in [2.24, 2.45) is 0 Å². The summed E-state index contributed by atoms with van der Waals surface area (Å²) in [6.07, 6.45) is 2.38. The van der Waals surface area contributed by atoms with Gasteiger partial charge in [0.15, 0.2) is 0 Å². The van der Waals surface area contributed by atoms with Gasteiger partial charge in [-0.15, -0.1) is 0 Å². The lowest BCUT2D eigenvalue weighted by Gasteiger charge is -2.21. The van der Waals surface area contributed by atoms with Gasteiger partial charge in [-0.05, 0) is 68.1 Å². The zero-order valence-electron chi connectivity index (χ0n) is 18.2. The number of carbonyl (C=O) groups excluding carboxylic acids is 3. The number of hydrogen-bond acceptors (Lipinski definition) is 5. The van der Waals surface area contributed by atoms with E-state index in [1.807, 2.05) is 32.0 Å². The summed E-state index contributed by atoms with van der Waals surface area (Å²) in [5.41, 5.74) is 3.98. The second kappa shape index (κ2) is 10.2. The maximum Gasteiger partial charge on any atom is 0.337 e.